The summed E-state index contributed by atoms with van der Waals surface area (Å²) in [7, 11) is 0. The van der Waals surface area contributed by atoms with Crippen LogP contribution in [0.5, 0.6) is 0 Å². The minimum absolute atomic E-state index is 0.317. The van der Waals surface area contributed by atoms with Crippen LogP contribution in [0.15, 0.2) is 66.7 Å². The first-order valence-electron chi connectivity index (χ1n) is 7.91. The second kappa shape index (κ2) is 6.83. The van der Waals surface area contributed by atoms with Gasteiger partial charge in [0.25, 0.3) is 5.91 Å². The van der Waals surface area contributed by atoms with E-state index in [1.165, 1.54) is 0 Å². The summed E-state index contributed by atoms with van der Waals surface area (Å²) in [5.41, 5.74) is 2.54. The average molecular weight is 382 g/mol. The molecule has 26 heavy (non-hydrogen) atoms. The fraction of sp³-hybridized carbons (Fsp3) is 0. The van der Waals surface area contributed by atoms with E-state index < -0.39 is 0 Å². The molecule has 0 aliphatic carbocycles. The lowest BCUT2D eigenvalue weighted by molar-refractivity contribution is 0.102. The van der Waals surface area contributed by atoms with Gasteiger partial charge in [-0.3, -0.25) is 9.89 Å². The molecule has 0 radical (unpaired) electrons. The van der Waals surface area contributed by atoms with E-state index in [0.29, 0.717) is 27.1 Å². The number of hydrogen-bond acceptors (Lipinski definition) is 2. The molecule has 0 aliphatic heterocycles. The number of benzene rings is 3. The standard InChI is InChI=1S/C20H13Cl2N3O/c21-13-8-14(22)10-15(9-13)23-20(26)19-11-18(24-25-19)17-7-3-5-12-4-1-2-6-16(12)17/h1-11H,(H,23,26)(H,24,25). The second-order valence-electron chi connectivity index (χ2n) is 5.81. The van der Waals surface area contributed by atoms with Crippen LogP contribution >= 0.6 is 23.2 Å². The van der Waals surface area contributed by atoms with E-state index >= 15 is 0 Å². The summed E-state index contributed by atoms with van der Waals surface area (Å²) in [6.45, 7) is 0. The summed E-state index contributed by atoms with van der Waals surface area (Å²) in [5, 5.41) is 13.0. The maximum atomic E-state index is 12.5. The van der Waals surface area contributed by atoms with Gasteiger partial charge in [0.05, 0.1) is 5.69 Å². The van der Waals surface area contributed by atoms with Gasteiger partial charge >= 0.3 is 0 Å². The Morgan fingerprint density at radius 2 is 1.65 bits per heavy atom. The molecule has 0 aliphatic rings. The highest BCUT2D eigenvalue weighted by Gasteiger charge is 2.13. The van der Waals surface area contributed by atoms with Crippen molar-refractivity contribution in [2.75, 3.05) is 5.32 Å². The SMILES string of the molecule is O=C(Nc1cc(Cl)cc(Cl)c1)c1cc(-c2cccc3ccccc23)n[nH]1. The normalized spacial score (nSPS) is 10.8. The van der Waals surface area contributed by atoms with Crippen LogP contribution in [0.1, 0.15) is 10.5 Å². The Morgan fingerprint density at radius 1 is 0.923 bits per heavy atom. The number of H-pyrrole nitrogens is 1. The number of aromatic amines is 1. The number of aromatic nitrogens is 2. The molecule has 1 aromatic heterocycles. The van der Waals surface area contributed by atoms with Gasteiger partial charge in [-0.05, 0) is 35.0 Å². The van der Waals surface area contributed by atoms with Crippen molar-refractivity contribution in [1.29, 1.82) is 0 Å². The largest absolute Gasteiger partial charge is 0.321 e. The zero-order valence-corrected chi connectivity index (χ0v) is 15.0. The Morgan fingerprint density at radius 3 is 2.46 bits per heavy atom. The highest BCUT2D eigenvalue weighted by molar-refractivity contribution is 6.35. The number of anilines is 1. The van der Waals surface area contributed by atoms with Gasteiger partial charge in [-0.25, -0.2) is 0 Å². The Kier molecular flexibility index (Phi) is 4.37. The van der Waals surface area contributed by atoms with E-state index in [4.69, 9.17) is 23.2 Å². The van der Waals surface area contributed by atoms with Gasteiger partial charge in [-0.2, -0.15) is 5.10 Å². The predicted octanol–water partition coefficient (Wildman–Crippen LogP) is 5.79. The molecule has 0 bridgehead atoms. The number of halogens is 2. The Hall–Kier alpha value is -2.82. The van der Waals surface area contributed by atoms with Crippen molar-refractivity contribution in [1.82, 2.24) is 10.2 Å². The first kappa shape index (κ1) is 16.6. The molecule has 0 saturated carbocycles. The molecule has 3 aromatic carbocycles. The molecule has 4 aromatic rings. The number of carbonyl (C=O) groups excluding carboxylic acids is 1. The number of nitrogens with one attached hydrogen (secondary N) is 2. The van der Waals surface area contributed by atoms with Crippen LogP contribution in [0.4, 0.5) is 5.69 Å². The molecule has 0 fully saturated rings. The molecule has 0 spiro atoms. The van der Waals surface area contributed by atoms with Gasteiger partial charge in [-0.1, -0.05) is 65.7 Å². The molecule has 0 unspecified atom stereocenters. The lowest BCUT2D eigenvalue weighted by Gasteiger charge is -2.05. The molecule has 6 heteroatoms. The Bertz CT molecular complexity index is 1100. The third kappa shape index (κ3) is 3.29. The second-order valence-corrected chi connectivity index (χ2v) is 6.68. The highest BCUT2D eigenvalue weighted by Crippen LogP contribution is 2.28. The monoisotopic (exact) mass is 381 g/mol. The smallest absolute Gasteiger partial charge is 0.273 e. The molecule has 4 rings (SSSR count). The molecule has 1 amide bonds. The van der Waals surface area contributed by atoms with E-state index in [9.17, 15) is 4.79 Å². The van der Waals surface area contributed by atoms with Crippen LogP contribution in [0.25, 0.3) is 22.0 Å². The van der Waals surface area contributed by atoms with Crippen LogP contribution in [0.3, 0.4) is 0 Å². The fourth-order valence-corrected chi connectivity index (χ4v) is 3.38. The van der Waals surface area contributed by atoms with E-state index in [1.807, 2.05) is 42.5 Å². The van der Waals surface area contributed by atoms with Gasteiger partial charge in [-0.15, -0.1) is 0 Å². The van der Waals surface area contributed by atoms with Gasteiger partial charge in [0.15, 0.2) is 0 Å². The van der Waals surface area contributed by atoms with Gasteiger partial charge in [0, 0.05) is 21.3 Å². The van der Waals surface area contributed by atoms with Crippen molar-refractivity contribution in [2.24, 2.45) is 0 Å². The summed E-state index contributed by atoms with van der Waals surface area (Å²) in [6.07, 6.45) is 0. The van der Waals surface area contributed by atoms with Gasteiger partial charge in [0.1, 0.15) is 5.69 Å². The molecule has 0 atom stereocenters. The maximum Gasteiger partial charge on any atom is 0.273 e. The number of nitrogens with zero attached hydrogens (tertiary/aromatic N) is 1. The number of amides is 1. The van der Waals surface area contributed by atoms with Crippen molar-refractivity contribution in [3.05, 3.63) is 82.5 Å². The minimum atomic E-state index is -0.317. The first-order valence-corrected chi connectivity index (χ1v) is 8.67. The summed E-state index contributed by atoms with van der Waals surface area (Å²) in [4.78, 5) is 12.5. The molecule has 0 saturated heterocycles. The molecular formula is C20H13Cl2N3O. The zero-order chi connectivity index (χ0) is 18.1. The van der Waals surface area contributed by atoms with E-state index in [1.54, 1.807) is 24.3 Å². The van der Waals surface area contributed by atoms with Crippen LogP contribution in [0, 0.1) is 0 Å². The van der Waals surface area contributed by atoms with Crippen molar-refractivity contribution < 1.29 is 4.79 Å². The molecule has 4 nitrogen and oxygen atoms in total. The maximum absolute atomic E-state index is 12.5. The summed E-state index contributed by atoms with van der Waals surface area (Å²) >= 11 is 11.9. The number of hydrogen-bond donors (Lipinski definition) is 2. The number of carbonyl (C=O) groups is 1. The van der Waals surface area contributed by atoms with Crippen LogP contribution in [-0.4, -0.2) is 16.1 Å². The van der Waals surface area contributed by atoms with Gasteiger partial charge in [0.2, 0.25) is 0 Å². The van der Waals surface area contributed by atoms with E-state index in [0.717, 1.165) is 16.3 Å². The summed E-state index contributed by atoms with van der Waals surface area (Å²) in [5.74, 6) is -0.317. The van der Waals surface area contributed by atoms with Crippen molar-refractivity contribution in [3.8, 4) is 11.3 Å². The number of rotatable bonds is 3. The van der Waals surface area contributed by atoms with Gasteiger partial charge < -0.3 is 5.32 Å². The van der Waals surface area contributed by atoms with Crippen molar-refractivity contribution in [2.45, 2.75) is 0 Å². The lowest BCUT2D eigenvalue weighted by atomic mass is 10.0. The third-order valence-corrected chi connectivity index (χ3v) is 4.44. The zero-order valence-electron chi connectivity index (χ0n) is 13.5. The average Bonchev–Trinajstić information content (AvgIpc) is 3.10. The Balaban J connectivity index is 1.64. The van der Waals surface area contributed by atoms with Crippen LogP contribution < -0.4 is 5.32 Å². The van der Waals surface area contributed by atoms with E-state index in [2.05, 4.69) is 15.5 Å². The summed E-state index contributed by atoms with van der Waals surface area (Å²) in [6, 6.07) is 20.6. The molecule has 2 N–H and O–H groups in total. The molecule has 128 valence electrons. The third-order valence-electron chi connectivity index (χ3n) is 4.01. The molecular weight excluding hydrogens is 369 g/mol. The lowest BCUT2D eigenvalue weighted by Crippen LogP contribution is -2.12. The molecule has 1 heterocycles. The minimum Gasteiger partial charge on any atom is -0.321 e. The van der Waals surface area contributed by atoms with Crippen molar-refractivity contribution in [3.63, 3.8) is 0 Å². The van der Waals surface area contributed by atoms with E-state index in [-0.39, 0.29) is 5.91 Å². The quantitative estimate of drug-likeness (QED) is 0.471. The fourth-order valence-electron chi connectivity index (χ4n) is 2.85. The summed E-state index contributed by atoms with van der Waals surface area (Å²) < 4.78 is 0. The van der Waals surface area contributed by atoms with Crippen LogP contribution in [-0.2, 0) is 0 Å². The predicted molar refractivity (Wildman–Crippen MR) is 106 cm³/mol. The highest BCUT2D eigenvalue weighted by atomic mass is 35.5. The number of fused-ring (bicyclic) bond motifs is 1. The van der Waals surface area contributed by atoms with Crippen molar-refractivity contribution >= 4 is 45.6 Å². The topological polar surface area (TPSA) is 57.8 Å². The first-order chi connectivity index (χ1) is 12.6. The Labute approximate surface area is 159 Å². The van der Waals surface area contributed by atoms with Crippen LogP contribution in [0.2, 0.25) is 10.0 Å².